The molecule has 4 heterocycles. The molecule has 1 atom stereocenters. The summed E-state index contributed by atoms with van der Waals surface area (Å²) >= 11 is 3.34. The van der Waals surface area contributed by atoms with Crippen LogP contribution < -0.4 is 5.73 Å². The summed E-state index contributed by atoms with van der Waals surface area (Å²) in [5.74, 6) is 0.936. The average molecular weight is 367 g/mol. The van der Waals surface area contributed by atoms with Crippen LogP contribution in [-0.2, 0) is 4.74 Å². The van der Waals surface area contributed by atoms with Gasteiger partial charge < -0.3 is 10.5 Å². The van der Waals surface area contributed by atoms with Gasteiger partial charge in [0.2, 0.25) is 5.88 Å². The zero-order valence-corrected chi connectivity index (χ0v) is 15.4. The molecule has 2 aromatic heterocycles. The van der Waals surface area contributed by atoms with Crippen molar-refractivity contribution in [2.45, 2.75) is 5.92 Å². The predicted molar refractivity (Wildman–Crippen MR) is 102 cm³/mol. The SMILES string of the molecule is CN1CC2=C(OC(N)=C(C#N)[C@H]2c2cccs2)/C(=C\c2cccs2)C1. The maximum absolute atomic E-state index is 9.65. The van der Waals surface area contributed by atoms with Gasteiger partial charge in [0, 0.05) is 34.0 Å². The van der Waals surface area contributed by atoms with Gasteiger partial charge in [-0.1, -0.05) is 12.1 Å². The van der Waals surface area contributed by atoms with Gasteiger partial charge in [-0.2, -0.15) is 5.26 Å². The normalized spacial score (nSPS) is 22.7. The van der Waals surface area contributed by atoms with Crippen LogP contribution in [0.4, 0.5) is 0 Å². The molecule has 2 aliphatic heterocycles. The summed E-state index contributed by atoms with van der Waals surface area (Å²) in [5.41, 5.74) is 8.86. The van der Waals surface area contributed by atoms with Gasteiger partial charge in [-0.25, -0.2) is 0 Å². The van der Waals surface area contributed by atoms with Gasteiger partial charge in [0.05, 0.1) is 5.92 Å². The number of hydrogen-bond donors (Lipinski definition) is 1. The highest BCUT2D eigenvalue weighted by Gasteiger charge is 2.37. The minimum atomic E-state index is -0.122. The van der Waals surface area contributed by atoms with Crippen LogP contribution >= 0.6 is 22.7 Å². The first-order valence-electron chi connectivity index (χ1n) is 7.94. The van der Waals surface area contributed by atoms with Crippen LogP contribution in [0.3, 0.4) is 0 Å². The van der Waals surface area contributed by atoms with Crippen molar-refractivity contribution in [3.8, 4) is 6.07 Å². The summed E-state index contributed by atoms with van der Waals surface area (Å²) in [5, 5.41) is 13.7. The highest BCUT2D eigenvalue weighted by Crippen LogP contribution is 2.44. The van der Waals surface area contributed by atoms with Crippen molar-refractivity contribution in [3.05, 3.63) is 73.1 Å². The van der Waals surface area contributed by atoms with E-state index in [1.54, 1.807) is 22.7 Å². The molecule has 25 heavy (non-hydrogen) atoms. The van der Waals surface area contributed by atoms with E-state index < -0.39 is 0 Å². The Labute approximate surface area is 154 Å². The Hall–Kier alpha value is -2.33. The Morgan fingerprint density at radius 1 is 1.28 bits per heavy atom. The maximum Gasteiger partial charge on any atom is 0.205 e. The Morgan fingerprint density at radius 2 is 2.08 bits per heavy atom. The Morgan fingerprint density at radius 3 is 2.76 bits per heavy atom. The summed E-state index contributed by atoms with van der Waals surface area (Å²) in [6, 6.07) is 10.5. The molecule has 0 fully saturated rings. The van der Waals surface area contributed by atoms with Crippen molar-refractivity contribution in [2.75, 3.05) is 20.1 Å². The van der Waals surface area contributed by atoms with Crippen LogP contribution in [0, 0.1) is 11.3 Å². The number of nitrogens with two attached hydrogens (primary N) is 1. The molecule has 0 bridgehead atoms. The molecular formula is C19H17N3OS2. The number of allylic oxidation sites excluding steroid dienone is 1. The van der Waals surface area contributed by atoms with Crippen LogP contribution in [0.25, 0.3) is 6.08 Å². The first kappa shape index (κ1) is 16.2. The highest BCUT2D eigenvalue weighted by molar-refractivity contribution is 7.10. The van der Waals surface area contributed by atoms with Gasteiger partial charge in [0.15, 0.2) is 0 Å². The van der Waals surface area contributed by atoms with Crippen LogP contribution in [0.2, 0.25) is 0 Å². The summed E-state index contributed by atoms with van der Waals surface area (Å²) in [6.07, 6.45) is 2.16. The molecule has 0 saturated heterocycles. The van der Waals surface area contributed by atoms with E-state index >= 15 is 0 Å². The van der Waals surface area contributed by atoms with Crippen molar-refractivity contribution >= 4 is 28.7 Å². The van der Waals surface area contributed by atoms with E-state index in [1.807, 2.05) is 17.5 Å². The van der Waals surface area contributed by atoms with Crippen LogP contribution in [0.1, 0.15) is 15.7 Å². The number of nitriles is 1. The van der Waals surface area contributed by atoms with Gasteiger partial charge in [-0.15, -0.1) is 22.7 Å². The lowest BCUT2D eigenvalue weighted by molar-refractivity contribution is 0.251. The van der Waals surface area contributed by atoms with Crippen molar-refractivity contribution in [2.24, 2.45) is 5.73 Å². The first-order chi connectivity index (χ1) is 12.2. The second-order valence-corrected chi connectivity index (χ2v) is 8.11. The standard InChI is InChI=1S/C19H17N3OS2/c1-22-10-12(8-13-4-2-6-24-13)18-15(11-22)17(16-5-3-7-25-16)14(9-20)19(21)23-18/h2-8,17H,10-11,21H2,1H3/b12-8-/t17-/m1/s1. The number of likely N-dealkylation sites (N-methyl/N-ethyl adjacent to an activating group) is 1. The van der Waals surface area contributed by atoms with Crippen molar-refractivity contribution in [1.82, 2.24) is 4.90 Å². The smallest absolute Gasteiger partial charge is 0.205 e. The third-order valence-electron chi connectivity index (χ3n) is 4.39. The van der Waals surface area contributed by atoms with E-state index in [0.29, 0.717) is 5.57 Å². The third-order valence-corrected chi connectivity index (χ3v) is 6.14. The quantitative estimate of drug-likeness (QED) is 0.874. The van der Waals surface area contributed by atoms with Crippen molar-refractivity contribution < 1.29 is 4.74 Å². The molecule has 2 N–H and O–H groups in total. The summed E-state index contributed by atoms with van der Waals surface area (Å²) in [7, 11) is 2.09. The minimum absolute atomic E-state index is 0.122. The van der Waals surface area contributed by atoms with Crippen molar-refractivity contribution in [1.29, 1.82) is 5.26 Å². The number of ether oxygens (including phenoxy) is 1. The molecule has 4 rings (SSSR count). The van der Waals surface area contributed by atoms with E-state index in [-0.39, 0.29) is 11.8 Å². The molecule has 0 aliphatic carbocycles. The fourth-order valence-corrected chi connectivity index (χ4v) is 4.92. The summed E-state index contributed by atoms with van der Waals surface area (Å²) in [6.45, 7) is 1.56. The van der Waals surface area contributed by atoms with Crippen LogP contribution in [0.15, 0.2) is 63.4 Å². The van der Waals surface area contributed by atoms with E-state index in [1.165, 1.54) is 4.88 Å². The molecule has 0 saturated carbocycles. The molecule has 0 spiro atoms. The molecule has 6 heteroatoms. The van der Waals surface area contributed by atoms with E-state index in [4.69, 9.17) is 10.5 Å². The lowest BCUT2D eigenvalue weighted by Crippen LogP contribution is -2.35. The molecule has 2 aliphatic rings. The second-order valence-electron chi connectivity index (χ2n) is 6.15. The van der Waals surface area contributed by atoms with Gasteiger partial charge in [0.1, 0.15) is 17.4 Å². The van der Waals surface area contributed by atoms with Gasteiger partial charge >= 0.3 is 0 Å². The molecular weight excluding hydrogens is 350 g/mol. The summed E-state index contributed by atoms with van der Waals surface area (Å²) < 4.78 is 5.96. The molecule has 0 unspecified atom stereocenters. The number of thiophene rings is 2. The summed E-state index contributed by atoms with van der Waals surface area (Å²) in [4.78, 5) is 4.56. The van der Waals surface area contributed by atoms with Gasteiger partial charge in [0.25, 0.3) is 0 Å². The fraction of sp³-hybridized carbons (Fsp3) is 0.211. The Bertz CT molecular complexity index is 915. The third kappa shape index (κ3) is 2.91. The number of nitrogens with zero attached hydrogens (tertiary/aromatic N) is 2. The largest absolute Gasteiger partial charge is 0.440 e. The zero-order valence-electron chi connectivity index (χ0n) is 13.7. The molecule has 126 valence electrons. The van der Waals surface area contributed by atoms with E-state index in [2.05, 4.69) is 41.6 Å². The number of rotatable bonds is 2. The van der Waals surface area contributed by atoms with Gasteiger partial charge in [-0.05, 0) is 36.0 Å². The monoisotopic (exact) mass is 367 g/mol. The van der Waals surface area contributed by atoms with E-state index in [0.717, 1.165) is 34.9 Å². The van der Waals surface area contributed by atoms with Crippen LogP contribution in [0.5, 0.6) is 0 Å². The first-order valence-corrected chi connectivity index (χ1v) is 9.70. The minimum Gasteiger partial charge on any atom is -0.440 e. The van der Waals surface area contributed by atoms with Crippen LogP contribution in [-0.4, -0.2) is 25.0 Å². The van der Waals surface area contributed by atoms with Crippen molar-refractivity contribution in [3.63, 3.8) is 0 Å². The van der Waals surface area contributed by atoms with Gasteiger partial charge in [-0.3, -0.25) is 4.90 Å². The predicted octanol–water partition coefficient (Wildman–Crippen LogP) is 3.90. The average Bonchev–Trinajstić information content (AvgIpc) is 3.28. The maximum atomic E-state index is 9.65. The Kier molecular flexibility index (Phi) is 4.22. The second kappa shape index (κ2) is 6.52. The van der Waals surface area contributed by atoms with E-state index in [9.17, 15) is 5.26 Å². The fourth-order valence-electron chi connectivity index (χ4n) is 3.37. The lowest BCUT2D eigenvalue weighted by atomic mass is 9.84. The number of hydrogen-bond acceptors (Lipinski definition) is 6. The highest BCUT2D eigenvalue weighted by atomic mass is 32.1. The lowest BCUT2D eigenvalue weighted by Gasteiger charge is -2.36. The zero-order chi connectivity index (χ0) is 17.4. The molecule has 0 radical (unpaired) electrons. The Balaban J connectivity index is 1.87. The molecule has 0 aromatic carbocycles. The molecule has 0 amide bonds. The molecule has 2 aromatic rings. The molecule has 4 nitrogen and oxygen atoms in total. The topological polar surface area (TPSA) is 62.3 Å².